The monoisotopic (exact) mass is 264 g/mol. The Balaban J connectivity index is 2.37. The smallest absolute Gasteiger partial charge is 0.377 e. The number of pyridine rings is 1. The third-order valence-corrected chi connectivity index (χ3v) is 2.18. The summed E-state index contributed by atoms with van der Waals surface area (Å²) in [6.45, 7) is 0. The van der Waals surface area contributed by atoms with Gasteiger partial charge in [0.1, 0.15) is 6.33 Å². The van der Waals surface area contributed by atoms with Crippen molar-refractivity contribution in [3.05, 3.63) is 34.4 Å². The van der Waals surface area contributed by atoms with Gasteiger partial charge in [-0.1, -0.05) is 0 Å². The number of nitrogen functional groups attached to an aromatic ring is 1. The van der Waals surface area contributed by atoms with E-state index in [0.29, 0.717) is 0 Å². The summed E-state index contributed by atoms with van der Waals surface area (Å²) in [6, 6.07) is 2.53. The minimum Gasteiger partial charge on any atom is -0.463 e. The highest BCUT2D eigenvalue weighted by Gasteiger charge is 2.16. The first-order valence-electron chi connectivity index (χ1n) is 4.94. The maximum absolute atomic E-state index is 11.2. The predicted octanol–water partition coefficient (Wildman–Crippen LogP) is -0.0607. The van der Waals surface area contributed by atoms with Crippen molar-refractivity contribution >= 4 is 17.5 Å². The van der Waals surface area contributed by atoms with Crippen molar-refractivity contribution in [2.75, 3.05) is 12.8 Å². The van der Waals surface area contributed by atoms with Crippen LogP contribution < -0.4 is 5.73 Å². The number of hydrogen-bond donors (Lipinski definition) is 1. The summed E-state index contributed by atoms with van der Waals surface area (Å²) in [5, 5.41) is 14.4. The predicted molar refractivity (Wildman–Crippen MR) is 61.6 cm³/mol. The van der Waals surface area contributed by atoms with Crippen LogP contribution in [0.5, 0.6) is 0 Å². The number of anilines is 1. The molecule has 0 aliphatic heterocycles. The highest BCUT2D eigenvalue weighted by molar-refractivity contribution is 5.84. The molecule has 0 bridgehead atoms. The van der Waals surface area contributed by atoms with E-state index < -0.39 is 10.9 Å². The summed E-state index contributed by atoms with van der Waals surface area (Å²) >= 11 is 0. The fraction of sp³-hybridized carbons (Fsp3) is 0.111. The van der Waals surface area contributed by atoms with Crippen LogP contribution in [0.4, 0.5) is 11.5 Å². The third kappa shape index (κ3) is 2.31. The summed E-state index contributed by atoms with van der Waals surface area (Å²) in [5.74, 6) is -0.904. The highest BCUT2D eigenvalue weighted by Crippen LogP contribution is 2.19. The van der Waals surface area contributed by atoms with Crippen LogP contribution in [-0.2, 0) is 4.74 Å². The zero-order valence-corrected chi connectivity index (χ0v) is 9.68. The van der Waals surface area contributed by atoms with Gasteiger partial charge in [-0.15, -0.1) is 5.10 Å². The summed E-state index contributed by atoms with van der Waals surface area (Å²) in [7, 11) is 1.20. The molecule has 2 rings (SSSR count). The van der Waals surface area contributed by atoms with Crippen LogP contribution in [-0.4, -0.2) is 37.8 Å². The minimum atomic E-state index is -0.700. The van der Waals surface area contributed by atoms with Gasteiger partial charge in [0.2, 0.25) is 5.82 Å². The largest absolute Gasteiger partial charge is 0.463 e. The first kappa shape index (κ1) is 12.4. The Hall–Kier alpha value is -3.04. The van der Waals surface area contributed by atoms with Gasteiger partial charge in [0.15, 0.2) is 5.82 Å². The summed E-state index contributed by atoms with van der Waals surface area (Å²) in [4.78, 5) is 28.6. The van der Waals surface area contributed by atoms with Gasteiger partial charge in [-0.2, -0.15) is 0 Å². The Labute approximate surface area is 106 Å². The first-order chi connectivity index (χ1) is 9.02. The van der Waals surface area contributed by atoms with Crippen LogP contribution in [0, 0.1) is 10.1 Å². The lowest BCUT2D eigenvalue weighted by Crippen LogP contribution is -2.07. The van der Waals surface area contributed by atoms with Crippen LogP contribution in [0.15, 0.2) is 18.5 Å². The molecule has 0 aliphatic rings. The van der Waals surface area contributed by atoms with E-state index >= 15 is 0 Å². The Bertz CT molecular complexity index is 652. The number of esters is 1. The summed E-state index contributed by atoms with van der Waals surface area (Å²) in [6.07, 6.45) is 1.22. The number of carbonyl (C=O) groups excluding carboxylic acids is 1. The third-order valence-electron chi connectivity index (χ3n) is 2.18. The molecule has 0 aliphatic carbocycles. The van der Waals surface area contributed by atoms with Gasteiger partial charge in [-0.3, -0.25) is 10.1 Å². The molecule has 10 nitrogen and oxygen atoms in total. The maximum atomic E-state index is 11.2. The molecule has 98 valence electrons. The molecule has 19 heavy (non-hydrogen) atoms. The van der Waals surface area contributed by atoms with E-state index in [9.17, 15) is 14.9 Å². The number of methoxy groups -OCH3 is 1. The molecular formula is C9H8N6O4. The van der Waals surface area contributed by atoms with E-state index in [-0.39, 0.29) is 23.1 Å². The van der Waals surface area contributed by atoms with Gasteiger partial charge in [-0.25, -0.2) is 19.4 Å². The van der Waals surface area contributed by atoms with Crippen molar-refractivity contribution < 1.29 is 14.5 Å². The van der Waals surface area contributed by atoms with Gasteiger partial charge in [-0.05, 0) is 6.07 Å². The van der Waals surface area contributed by atoms with E-state index in [0.717, 1.165) is 4.68 Å². The summed E-state index contributed by atoms with van der Waals surface area (Å²) < 4.78 is 5.61. The lowest BCUT2D eigenvalue weighted by atomic mass is 10.4. The molecule has 0 atom stereocenters. The van der Waals surface area contributed by atoms with Gasteiger partial charge in [0, 0.05) is 6.07 Å². The molecule has 10 heteroatoms. The molecule has 2 N–H and O–H groups in total. The van der Waals surface area contributed by atoms with Crippen LogP contribution in [0.2, 0.25) is 0 Å². The number of nitrogens with two attached hydrogens (primary N) is 1. The van der Waals surface area contributed by atoms with E-state index in [1.54, 1.807) is 0 Å². The van der Waals surface area contributed by atoms with Crippen LogP contribution in [0.25, 0.3) is 5.82 Å². The fourth-order valence-electron chi connectivity index (χ4n) is 1.30. The average Bonchev–Trinajstić information content (AvgIpc) is 2.86. The second-order valence-corrected chi connectivity index (χ2v) is 3.34. The van der Waals surface area contributed by atoms with Gasteiger partial charge in [0.25, 0.3) is 5.82 Å². The number of aromatic nitrogens is 4. The lowest BCUT2D eigenvalue weighted by Gasteiger charge is -2.01. The Morgan fingerprint density at radius 3 is 2.84 bits per heavy atom. The second kappa shape index (κ2) is 4.68. The highest BCUT2D eigenvalue weighted by atomic mass is 16.6. The molecule has 0 spiro atoms. The van der Waals surface area contributed by atoms with Gasteiger partial charge in [0.05, 0.1) is 12.0 Å². The Kier molecular flexibility index (Phi) is 3.06. The van der Waals surface area contributed by atoms with E-state index in [2.05, 4.69) is 19.8 Å². The quantitative estimate of drug-likeness (QED) is 0.462. The lowest BCUT2D eigenvalue weighted by molar-refractivity contribution is -0.384. The Morgan fingerprint density at radius 2 is 2.26 bits per heavy atom. The fourth-order valence-corrected chi connectivity index (χ4v) is 1.30. The van der Waals surface area contributed by atoms with Gasteiger partial charge < -0.3 is 10.5 Å². The number of carbonyl (C=O) groups is 1. The SMILES string of the molecule is COC(=O)c1ncn(-c2ccc([N+](=O)[O-])c(N)n2)n1. The topological polar surface area (TPSA) is 139 Å². The molecular weight excluding hydrogens is 256 g/mol. The second-order valence-electron chi connectivity index (χ2n) is 3.34. The normalized spacial score (nSPS) is 10.2. The number of nitro groups is 1. The van der Waals surface area contributed by atoms with Crippen molar-refractivity contribution in [1.29, 1.82) is 0 Å². The molecule has 0 saturated carbocycles. The van der Waals surface area contributed by atoms with Crippen molar-refractivity contribution in [2.45, 2.75) is 0 Å². The van der Waals surface area contributed by atoms with Crippen molar-refractivity contribution in [2.24, 2.45) is 0 Å². The number of hydrogen-bond acceptors (Lipinski definition) is 8. The Morgan fingerprint density at radius 1 is 1.53 bits per heavy atom. The zero-order valence-electron chi connectivity index (χ0n) is 9.68. The van der Waals surface area contributed by atoms with E-state index in [1.807, 2.05) is 0 Å². The molecule has 0 amide bonds. The molecule has 0 radical (unpaired) electrons. The molecule has 0 fully saturated rings. The average molecular weight is 264 g/mol. The number of nitrogens with zero attached hydrogens (tertiary/aromatic N) is 5. The van der Waals surface area contributed by atoms with Crippen LogP contribution >= 0.6 is 0 Å². The zero-order chi connectivity index (χ0) is 14.0. The van der Waals surface area contributed by atoms with E-state index in [1.165, 1.54) is 25.6 Å². The number of ether oxygens (including phenoxy) is 1. The van der Waals surface area contributed by atoms with Crippen molar-refractivity contribution in [3.63, 3.8) is 0 Å². The molecule has 0 unspecified atom stereocenters. The maximum Gasteiger partial charge on any atom is 0.377 e. The van der Waals surface area contributed by atoms with Crippen molar-refractivity contribution in [3.8, 4) is 5.82 Å². The molecule has 0 saturated heterocycles. The standard InChI is InChI=1S/C9H8N6O4/c1-19-9(16)8-11-4-14(13-8)6-3-2-5(15(17)18)7(10)12-6/h2-4H,1H3,(H2,10,12). The van der Waals surface area contributed by atoms with E-state index in [4.69, 9.17) is 5.73 Å². The minimum absolute atomic E-state index is 0.152. The molecule has 2 aromatic rings. The first-order valence-corrected chi connectivity index (χ1v) is 4.94. The molecule has 2 heterocycles. The van der Waals surface area contributed by atoms with Gasteiger partial charge >= 0.3 is 11.7 Å². The molecule has 0 aromatic carbocycles. The molecule has 2 aromatic heterocycles. The van der Waals surface area contributed by atoms with Crippen LogP contribution in [0.1, 0.15) is 10.6 Å². The van der Waals surface area contributed by atoms with Crippen molar-refractivity contribution in [1.82, 2.24) is 19.7 Å². The van der Waals surface area contributed by atoms with Crippen LogP contribution in [0.3, 0.4) is 0 Å². The summed E-state index contributed by atoms with van der Waals surface area (Å²) in [5.41, 5.74) is 5.14. The number of rotatable bonds is 3.